The van der Waals surface area contributed by atoms with Crippen LogP contribution in [0.15, 0.2) is 77.3 Å². The molecule has 5 nitrogen and oxygen atoms in total. The second-order valence-electron chi connectivity index (χ2n) is 5.95. The van der Waals surface area contributed by atoms with Gasteiger partial charge in [0.1, 0.15) is 30.5 Å². The van der Waals surface area contributed by atoms with Crippen LogP contribution in [0.25, 0.3) is 0 Å². The summed E-state index contributed by atoms with van der Waals surface area (Å²) in [6.07, 6.45) is 0. The fourth-order valence-electron chi connectivity index (χ4n) is 2.40. The Morgan fingerprint density at radius 1 is 0.862 bits per heavy atom. The molecule has 3 aromatic carbocycles. The van der Waals surface area contributed by atoms with Gasteiger partial charge in [0.2, 0.25) is 0 Å². The van der Waals surface area contributed by atoms with Gasteiger partial charge >= 0.3 is 0 Å². The van der Waals surface area contributed by atoms with Gasteiger partial charge in [-0.25, -0.2) is 0 Å². The first kappa shape index (κ1) is 21.0. The molecule has 0 aliphatic rings. The lowest BCUT2D eigenvalue weighted by atomic mass is 10.3. The molecule has 0 unspecified atom stereocenters. The summed E-state index contributed by atoms with van der Waals surface area (Å²) in [5.74, 6) is 1.78. The molecular formula is C22H19BrClNO4. The van der Waals surface area contributed by atoms with Crippen molar-refractivity contribution in [3.63, 3.8) is 0 Å². The number of carbonyl (C=O) groups excluding carboxylic acids is 1. The van der Waals surface area contributed by atoms with E-state index in [1.807, 2.05) is 30.3 Å². The SMILES string of the molecule is O=C(COc1ccc(Cl)cc1Br)Nc1ccc(OCCOc2ccccc2)cc1. The molecular weight excluding hydrogens is 458 g/mol. The van der Waals surface area contributed by atoms with Crippen LogP contribution < -0.4 is 19.5 Å². The Labute approximate surface area is 182 Å². The molecule has 0 aromatic heterocycles. The number of carbonyl (C=O) groups is 1. The normalized spacial score (nSPS) is 10.3. The van der Waals surface area contributed by atoms with Gasteiger partial charge in [-0.15, -0.1) is 0 Å². The summed E-state index contributed by atoms with van der Waals surface area (Å²) < 4.78 is 17.4. The van der Waals surface area contributed by atoms with E-state index >= 15 is 0 Å². The van der Waals surface area contributed by atoms with Crippen LogP contribution in [0, 0.1) is 0 Å². The highest BCUT2D eigenvalue weighted by Gasteiger charge is 2.07. The third kappa shape index (κ3) is 7.00. The molecule has 1 amide bonds. The van der Waals surface area contributed by atoms with Gasteiger partial charge in [0, 0.05) is 10.7 Å². The van der Waals surface area contributed by atoms with Gasteiger partial charge in [-0.1, -0.05) is 29.8 Å². The highest BCUT2D eigenvalue weighted by Crippen LogP contribution is 2.28. The van der Waals surface area contributed by atoms with E-state index < -0.39 is 0 Å². The molecule has 0 saturated carbocycles. The number of amides is 1. The Bertz CT molecular complexity index is 935. The quantitative estimate of drug-likeness (QED) is 0.410. The van der Waals surface area contributed by atoms with Crippen molar-refractivity contribution in [2.24, 2.45) is 0 Å². The number of nitrogens with one attached hydrogen (secondary N) is 1. The van der Waals surface area contributed by atoms with Crippen LogP contribution in [0.1, 0.15) is 0 Å². The number of hydrogen-bond donors (Lipinski definition) is 1. The lowest BCUT2D eigenvalue weighted by Gasteiger charge is -2.10. The second kappa shape index (κ2) is 10.7. The predicted molar refractivity (Wildman–Crippen MR) is 117 cm³/mol. The number of rotatable bonds is 9. The monoisotopic (exact) mass is 475 g/mol. The van der Waals surface area contributed by atoms with E-state index in [1.54, 1.807) is 42.5 Å². The summed E-state index contributed by atoms with van der Waals surface area (Å²) in [6, 6.07) is 21.8. The van der Waals surface area contributed by atoms with Crippen LogP contribution in [0.2, 0.25) is 5.02 Å². The van der Waals surface area contributed by atoms with Crippen LogP contribution in [-0.2, 0) is 4.79 Å². The minimum absolute atomic E-state index is 0.116. The van der Waals surface area contributed by atoms with Crippen molar-refractivity contribution in [1.82, 2.24) is 0 Å². The van der Waals surface area contributed by atoms with E-state index in [1.165, 1.54) is 0 Å². The van der Waals surface area contributed by atoms with E-state index in [4.69, 9.17) is 25.8 Å². The van der Waals surface area contributed by atoms with E-state index in [2.05, 4.69) is 21.2 Å². The van der Waals surface area contributed by atoms with E-state index in [9.17, 15) is 4.79 Å². The van der Waals surface area contributed by atoms with Crippen molar-refractivity contribution >= 4 is 39.1 Å². The molecule has 7 heteroatoms. The molecule has 29 heavy (non-hydrogen) atoms. The standard InChI is InChI=1S/C22H19BrClNO4/c23-20-14-16(24)6-11-21(20)29-15-22(26)25-17-7-9-19(10-8-17)28-13-12-27-18-4-2-1-3-5-18/h1-11,14H,12-13,15H2,(H,25,26). The molecule has 0 aliphatic carbocycles. The summed E-state index contributed by atoms with van der Waals surface area (Å²) >= 11 is 9.23. The van der Waals surface area contributed by atoms with E-state index in [-0.39, 0.29) is 12.5 Å². The maximum Gasteiger partial charge on any atom is 0.262 e. The molecule has 0 atom stereocenters. The highest BCUT2D eigenvalue weighted by molar-refractivity contribution is 9.10. The first-order chi connectivity index (χ1) is 14.1. The number of benzene rings is 3. The smallest absolute Gasteiger partial charge is 0.262 e. The Morgan fingerprint density at radius 2 is 1.52 bits per heavy atom. The van der Waals surface area contributed by atoms with Crippen molar-refractivity contribution in [1.29, 1.82) is 0 Å². The van der Waals surface area contributed by atoms with Crippen molar-refractivity contribution in [3.8, 4) is 17.2 Å². The van der Waals surface area contributed by atoms with Crippen LogP contribution in [0.4, 0.5) is 5.69 Å². The molecule has 0 spiro atoms. The number of para-hydroxylation sites is 1. The van der Waals surface area contributed by atoms with Gasteiger partial charge in [0.05, 0.1) is 4.47 Å². The minimum Gasteiger partial charge on any atom is -0.490 e. The Balaban J connectivity index is 1.39. The fourth-order valence-corrected chi connectivity index (χ4v) is 3.20. The maximum absolute atomic E-state index is 12.1. The van der Waals surface area contributed by atoms with Crippen molar-refractivity contribution < 1.29 is 19.0 Å². The van der Waals surface area contributed by atoms with Gasteiger partial charge in [0.15, 0.2) is 6.61 Å². The predicted octanol–water partition coefficient (Wildman–Crippen LogP) is 5.58. The van der Waals surface area contributed by atoms with Gasteiger partial charge in [0.25, 0.3) is 5.91 Å². The molecule has 0 saturated heterocycles. The first-order valence-corrected chi connectivity index (χ1v) is 10.1. The zero-order valence-corrected chi connectivity index (χ0v) is 17.8. The third-order valence-electron chi connectivity index (χ3n) is 3.75. The fraction of sp³-hybridized carbons (Fsp3) is 0.136. The third-order valence-corrected chi connectivity index (χ3v) is 4.61. The van der Waals surface area contributed by atoms with Gasteiger partial charge in [-0.2, -0.15) is 0 Å². The molecule has 0 fully saturated rings. The van der Waals surface area contributed by atoms with Gasteiger partial charge in [-0.05, 0) is 70.5 Å². The van der Waals surface area contributed by atoms with E-state index in [0.717, 1.165) is 5.75 Å². The van der Waals surface area contributed by atoms with Gasteiger partial charge in [-0.3, -0.25) is 4.79 Å². The number of hydrogen-bond acceptors (Lipinski definition) is 4. The Hall–Kier alpha value is -2.70. The zero-order valence-electron chi connectivity index (χ0n) is 15.4. The summed E-state index contributed by atoms with van der Waals surface area (Å²) in [4.78, 5) is 12.1. The Morgan fingerprint density at radius 3 is 2.17 bits per heavy atom. The molecule has 3 aromatic rings. The van der Waals surface area contributed by atoms with Gasteiger partial charge < -0.3 is 19.5 Å². The number of ether oxygens (including phenoxy) is 3. The molecule has 0 radical (unpaired) electrons. The topological polar surface area (TPSA) is 56.8 Å². The average molecular weight is 477 g/mol. The largest absolute Gasteiger partial charge is 0.490 e. The van der Waals surface area contributed by atoms with E-state index in [0.29, 0.717) is 39.9 Å². The number of anilines is 1. The van der Waals surface area contributed by atoms with Crippen LogP contribution in [-0.4, -0.2) is 25.7 Å². The number of halogens is 2. The van der Waals surface area contributed by atoms with Crippen LogP contribution in [0.5, 0.6) is 17.2 Å². The van der Waals surface area contributed by atoms with Crippen LogP contribution in [0.3, 0.4) is 0 Å². The van der Waals surface area contributed by atoms with Crippen molar-refractivity contribution in [3.05, 3.63) is 82.3 Å². The van der Waals surface area contributed by atoms with Crippen LogP contribution >= 0.6 is 27.5 Å². The highest BCUT2D eigenvalue weighted by atomic mass is 79.9. The summed E-state index contributed by atoms with van der Waals surface area (Å²) in [6.45, 7) is 0.750. The molecule has 0 heterocycles. The maximum atomic E-state index is 12.1. The first-order valence-electron chi connectivity index (χ1n) is 8.88. The molecule has 1 N–H and O–H groups in total. The summed E-state index contributed by atoms with van der Waals surface area (Å²) in [7, 11) is 0. The minimum atomic E-state index is -0.267. The second-order valence-corrected chi connectivity index (χ2v) is 7.24. The van der Waals surface area contributed by atoms with Crippen molar-refractivity contribution in [2.75, 3.05) is 25.1 Å². The molecule has 0 bridgehead atoms. The molecule has 3 rings (SSSR count). The summed E-state index contributed by atoms with van der Waals surface area (Å²) in [5, 5.41) is 3.36. The molecule has 150 valence electrons. The Kier molecular flexibility index (Phi) is 7.78. The van der Waals surface area contributed by atoms with Crippen molar-refractivity contribution in [2.45, 2.75) is 0 Å². The average Bonchev–Trinajstić information content (AvgIpc) is 2.72. The zero-order chi connectivity index (χ0) is 20.5. The lowest BCUT2D eigenvalue weighted by molar-refractivity contribution is -0.118. The lowest BCUT2D eigenvalue weighted by Crippen LogP contribution is -2.20. The molecule has 0 aliphatic heterocycles. The summed E-state index contributed by atoms with van der Waals surface area (Å²) in [5.41, 5.74) is 0.654.